The van der Waals surface area contributed by atoms with Crippen LogP contribution in [0.2, 0.25) is 0 Å². The average molecular weight is 327 g/mol. The molecule has 1 aromatic heterocycles. The second-order valence-electron chi connectivity index (χ2n) is 7.36. The topological polar surface area (TPSA) is 50.2 Å². The van der Waals surface area contributed by atoms with Gasteiger partial charge in [0, 0.05) is 37.3 Å². The number of nitrogens with zero attached hydrogens (tertiary/aromatic N) is 3. The van der Waals surface area contributed by atoms with E-state index in [0.29, 0.717) is 11.6 Å². The Morgan fingerprint density at radius 1 is 1.36 bits per heavy atom. The van der Waals surface area contributed by atoms with Crippen LogP contribution in [0.1, 0.15) is 62.6 Å². The van der Waals surface area contributed by atoms with Crippen LogP contribution in [0.15, 0.2) is 6.07 Å². The van der Waals surface area contributed by atoms with Crippen molar-refractivity contribution in [3.8, 4) is 0 Å². The molecule has 0 spiro atoms. The summed E-state index contributed by atoms with van der Waals surface area (Å²) in [5.74, 6) is 0.674. The fraction of sp³-hybridized carbons (Fsp3) is 0.750. The molecule has 1 aliphatic heterocycles. The first-order valence-corrected chi connectivity index (χ1v) is 8.00. The van der Waals surface area contributed by atoms with Gasteiger partial charge in [-0.15, -0.1) is 12.4 Å². The number of aromatic nitrogens is 2. The normalized spacial score (nSPS) is 22.4. The number of carbonyl (C=O) groups excluding carboxylic acids is 1. The summed E-state index contributed by atoms with van der Waals surface area (Å²) in [6.07, 6.45) is 2.44. The Labute approximate surface area is 138 Å². The van der Waals surface area contributed by atoms with E-state index < -0.39 is 0 Å². The lowest BCUT2D eigenvalue weighted by molar-refractivity contribution is 0.0648. The molecular formula is C16H27ClN4O. The Bertz CT molecular complexity index is 545. The Balaban J connectivity index is 0.00000176. The number of nitrogens with one attached hydrogen (secondary N) is 1. The predicted molar refractivity (Wildman–Crippen MR) is 89.8 cm³/mol. The molecule has 1 N–H and O–H groups in total. The number of rotatable bonds is 2. The fourth-order valence-electron chi connectivity index (χ4n) is 3.00. The summed E-state index contributed by atoms with van der Waals surface area (Å²) in [4.78, 5) is 14.7. The first-order chi connectivity index (χ1) is 9.88. The van der Waals surface area contributed by atoms with Gasteiger partial charge in [0.1, 0.15) is 0 Å². The molecule has 1 amide bonds. The minimum Gasteiger partial charge on any atom is -0.332 e. The molecule has 0 aromatic carbocycles. The van der Waals surface area contributed by atoms with Crippen LogP contribution in [0.5, 0.6) is 0 Å². The molecule has 6 heteroatoms. The van der Waals surface area contributed by atoms with Crippen LogP contribution in [0.3, 0.4) is 0 Å². The molecule has 2 aliphatic rings. The molecule has 0 radical (unpaired) electrons. The molecule has 2 heterocycles. The van der Waals surface area contributed by atoms with E-state index in [-0.39, 0.29) is 29.9 Å². The van der Waals surface area contributed by atoms with E-state index in [2.05, 4.69) is 42.8 Å². The van der Waals surface area contributed by atoms with Crippen LogP contribution in [0, 0.1) is 0 Å². The van der Waals surface area contributed by atoms with E-state index in [1.165, 1.54) is 18.5 Å². The number of halogens is 1. The van der Waals surface area contributed by atoms with Gasteiger partial charge in [0.25, 0.3) is 5.91 Å². The quantitative estimate of drug-likeness (QED) is 0.907. The highest BCUT2D eigenvalue weighted by atomic mass is 35.5. The van der Waals surface area contributed by atoms with Crippen LogP contribution >= 0.6 is 12.4 Å². The van der Waals surface area contributed by atoms with Crippen molar-refractivity contribution in [1.29, 1.82) is 0 Å². The van der Waals surface area contributed by atoms with Gasteiger partial charge >= 0.3 is 0 Å². The molecule has 1 saturated heterocycles. The predicted octanol–water partition coefficient (Wildman–Crippen LogP) is 2.37. The van der Waals surface area contributed by atoms with Crippen molar-refractivity contribution < 1.29 is 4.79 Å². The first-order valence-electron chi connectivity index (χ1n) is 8.00. The van der Waals surface area contributed by atoms with E-state index >= 15 is 0 Å². The van der Waals surface area contributed by atoms with Crippen molar-refractivity contribution in [2.75, 3.05) is 19.6 Å². The Kier molecular flexibility index (Phi) is 4.87. The highest BCUT2D eigenvalue weighted by molar-refractivity contribution is 5.92. The lowest BCUT2D eigenvalue weighted by Crippen LogP contribution is -2.52. The highest BCUT2D eigenvalue weighted by Gasteiger charge is 2.34. The molecule has 2 fully saturated rings. The SMILES string of the molecule is CC1CNCCN1C(=O)c1cc(C2CC2)n(C(C)(C)C)n1.Cl. The van der Waals surface area contributed by atoms with Crippen molar-refractivity contribution in [3.05, 3.63) is 17.5 Å². The minimum atomic E-state index is -0.0779. The van der Waals surface area contributed by atoms with Crippen LogP contribution in [0.25, 0.3) is 0 Å². The van der Waals surface area contributed by atoms with Gasteiger partial charge in [-0.2, -0.15) is 5.10 Å². The van der Waals surface area contributed by atoms with E-state index in [0.717, 1.165) is 19.6 Å². The molecule has 5 nitrogen and oxygen atoms in total. The minimum absolute atomic E-state index is 0. The third-order valence-corrected chi connectivity index (χ3v) is 4.35. The van der Waals surface area contributed by atoms with Gasteiger partial charge in [0.15, 0.2) is 5.69 Å². The zero-order chi connectivity index (χ0) is 15.2. The van der Waals surface area contributed by atoms with Gasteiger partial charge in [-0.3, -0.25) is 9.48 Å². The standard InChI is InChI=1S/C16H26N4O.ClH/c1-11-10-17-7-8-19(11)15(21)13-9-14(12-5-6-12)20(18-13)16(2,3)4;/h9,11-12,17H,5-8,10H2,1-4H3;1H. The van der Waals surface area contributed by atoms with E-state index in [9.17, 15) is 4.79 Å². The van der Waals surface area contributed by atoms with Crippen LogP contribution < -0.4 is 5.32 Å². The molecular weight excluding hydrogens is 300 g/mol. The Morgan fingerprint density at radius 3 is 2.59 bits per heavy atom. The number of carbonyl (C=O) groups is 1. The summed E-state index contributed by atoms with van der Waals surface area (Å²) < 4.78 is 2.06. The van der Waals surface area contributed by atoms with Crippen LogP contribution in [-0.4, -0.2) is 46.3 Å². The first kappa shape index (κ1) is 17.3. The Hall–Kier alpha value is -1.07. The van der Waals surface area contributed by atoms with Crippen molar-refractivity contribution >= 4 is 18.3 Å². The van der Waals surface area contributed by atoms with Crippen molar-refractivity contribution in [1.82, 2.24) is 20.0 Å². The molecule has 1 unspecified atom stereocenters. The lowest BCUT2D eigenvalue weighted by Gasteiger charge is -2.33. The summed E-state index contributed by atoms with van der Waals surface area (Å²) >= 11 is 0. The van der Waals surface area contributed by atoms with Gasteiger partial charge in [-0.05, 0) is 46.6 Å². The van der Waals surface area contributed by atoms with Crippen molar-refractivity contribution in [2.45, 2.75) is 58.0 Å². The lowest BCUT2D eigenvalue weighted by atomic mass is 10.1. The maximum Gasteiger partial charge on any atom is 0.274 e. The summed E-state index contributed by atoms with van der Waals surface area (Å²) in [5, 5.41) is 7.98. The number of amides is 1. The van der Waals surface area contributed by atoms with E-state index in [4.69, 9.17) is 0 Å². The number of hydrogen-bond donors (Lipinski definition) is 1. The number of hydrogen-bond acceptors (Lipinski definition) is 3. The van der Waals surface area contributed by atoms with E-state index in [1.54, 1.807) is 0 Å². The third-order valence-electron chi connectivity index (χ3n) is 4.35. The van der Waals surface area contributed by atoms with Crippen molar-refractivity contribution in [3.63, 3.8) is 0 Å². The van der Waals surface area contributed by atoms with Gasteiger partial charge in [0.05, 0.1) is 5.54 Å². The molecule has 1 aromatic rings. The molecule has 22 heavy (non-hydrogen) atoms. The Morgan fingerprint density at radius 2 is 2.05 bits per heavy atom. The molecule has 1 atom stereocenters. The summed E-state index contributed by atoms with van der Waals surface area (Å²) in [5.41, 5.74) is 1.76. The fourth-order valence-corrected chi connectivity index (χ4v) is 3.00. The van der Waals surface area contributed by atoms with Gasteiger partial charge in [-0.1, -0.05) is 0 Å². The van der Waals surface area contributed by atoms with E-state index in [1.807, 2.05) is 11.0 Å². The average Bonchev–Trinajstić information content (AvgIpc) is 3.16. The summed E-state index contributed by atoms with van der Waals surface area (Å²) in [6.45, 7) is 11.0. The zero-order valence-corrected chi connectivity index (χ0v) is 14.7. The summed E-state index contributed by atoms with van der Waals surface area (Å²) in [6, 6.07) is 2.26. The van der Waals surface area contributed by atoms with Crippen LogP contribution in [0.4, 0.5) is 0 Å². The second-order valence-corrected chi connectivity index (χ2v) is 7.36. The molecule has 3 rings (SSSR count). The third kappa shape index (κ3) is 3.30. The zero-order valence-electron chi connectivity index (χ0n) is 13.9. The molecule has 1 aliphatic carbocycles. The maximum absolute atomic E-state index is 12.8. The van der Waals surface area contributed by atoms with Crippen molar-refractivity contribution in [2.24, 2.45) is 0 Å². The smallest absolute Gasteiger partial charge is 0.274 e. The molecule has 0 bridgehead atoms. The highest BCUT2D eigenvalue weighted by Crippen LogP contribution is 2.41. The molecule has 1 saturated carbocycles. The van der Waals surface area contributed by atoms with Gasteiger partial charge in [0.2, 0.25) is 0 Å². The van der Waals surface area contributed by atoms with Crippen LogP contribution in [-0.2, 0) is 5.54 Å². The van der Waals surface area contributed by atoms with Gasteiger partial charge in [-0.25, -0.2) is 0 Å². The summed E-state index contributed by atoms with van der Waals surface area (Å²) in [7, 11) is 0. The monoisotopic (exact) mass is 326 g/mol. The largest absolute Gasteiger partial charge is 0.332 e. The number of piperazine rings is 1. The van der Waals surface area contributed by atoms with Gasteiger partial charge < -0.3 is 10.2 Å². The second kappa shape index (κ2) is 6.20. The maximum atomic E-state index is 12.8. The molecule has 124 valence electrons.